The van der Waals surface area contributed by atoms with Crippen molar-refractivity contribution in [3.63, 3.8) is 0 Å². The van der Waals surface area contributed by atoms with Crippen molar-refractivity contribution in [1.29, 1.82) is 0 Å². The summed E-state index contributed by atoms with van der Waals surface area (Å²) in [6, 6.07) is 4.09. The van der Waals surface area contributed by atoms with Crippen LogP contribution < -0.4 is 16.8 Å². The molecule has 1 aromatic heterocycles. The van der Waals surface area contributed by atoms with Gasteiger partial charge in [0.25, 0.3) is 0 Å². The molecule has 17 heavy (non-hydrogen) atoms. The number of pyridine rings is 1. The monoisotopic (exact) mass is 236 g/mol. The summed E-state index contributed by atoms with van der Waals surface area (Å²) >= 11 is 0. The van der Waals surface area contributed by atoms with E-state index in [1.165, 1.54) is 0 Å². The van der Waals surface area contributed by atoms with Gasteiger partial charge in [0.05, 0.1) is 6.10 Å². The van der Waals surface area contributed by atoms with E-state index in [1.54, 1.807) is 6.07 Å². The minimum Gasteiger partial charge on any atom is -0.393 e. The van der Waals surface area contributed by atoms with Gasteiger partial charge in [-0.15, -0.1) is 0 Å². The van der Waals surface area contributed by atoms with E-state index in [0.717, 1.165) is 37.1 Å². The van der Waals surface area contributed by atoms with Crippen LogP contribution in [0.25, 0.3) is 0 Å². The smallest absolute Gasteiger partial charge is 0.128 e. The largest absolute Gasteiger partial charge is 0.393 e. The van der Waals surface area contributed by atoms with E-state index in [4.69, 9.17) is 11.5 Å². The molecule has 1 aliphatic carbocycles. The van der Waals surface area contributed by atoms with Crippen LogP contribution in [-0.2, 0) is 6.54 Å². The van der Waals surface area contributed by atoms with Crippen LogP contribution in [-0.4, -0.2) is 22.2 Å². The highest BCUT2D eigenvalue weighted by atomic mass is 16.3. The second kappa shape index (κ2) is 5.33. The number of aliphatic hydroxyl groups is 1. The first-order chi connectivity index (χ1) is 8.17. The van der Waals surface area contributed by atoms with Gasteiger partial charge in [-0.2, -0.15) is 0 Å². The summed E-state index contributed by atoms with van der Waals surface area (Å²) in [6.45, 7) is 0.463. The molecule has 1 aliphatic rings. The molecule has 0 saturated heterocycles. The van der Waals surface area contributed by atoms with Gasteiger partial charge in [-0.25, -0.2) is 4.98 Å². The first-order valence-corrected chi connectivity index (χ1v) is 6.08. The molecule has 1 saturated carbocycles. The number of nitrogen functional groups attached to an aromatic ring is 1. The van der Waals surface area contributed by atoms with Crippen molar-refractivity contribution >= 4 is 11.6 Å². The van der Waals surface area contributed by atoms with Crippen molar-refractivity contribution in [2.75, 3.05) is 11.1 Å². The first-order valence-electron chi connectivity index (χ1n) is 6.08. The molecule has 0 bridgehead atoms. The van der Waals surface area contributed by atoms with Crippen LogP contribution >= 0.6 is 0 Å². The maximum Gasteiger partial charge on any atom is 0.128 e. The van der Waals surface area contributed by atoms with Crippen molar-refractivity contribution in [2.45, 2.75) is 44.4 Å². The number of nitrogens with two attached hydrogens (primary N) is 2. The number of hydrogen-bond donors (Lipinski definition) is 4. The van der Waals surface area contributed by atoms with Crippen molar-refractivity contribution in [2.24, 2.45) is 5.73 Å². The summed E-state index contributed by atoms with van der Waals surface area (Å²) in [6.07, 6.45) is 3.50. The molecule has 1 heterocycles. The molecule has 0 spiro atoms. The Morgan fingerprint density at radius 1 is 1.29 bits per heavy atom. The number of nitrogens with zero attached hydrogens (tertiary/aromatic N) is 1. The zero-order chi connectivity index (χ0) is 12.3. The average molecular weight is 236 g/mol. The van der Waals surface area contributed by atoms with Crippen LogP contribution in [0.15, 0.2) is 12.1 Å². The van der Waals surface area contributed by atoms with E-state index in [2.05, 4.69) is 10.3 Å². The standard InChI is InChI=1S/C12H20N4O/c13-7-8-5-11(14)16-12(6-8)15-9-1-3-10(17)4-2-9/h5-6,9-10,17H,1-4,7,13H2,(H3,14,15,16). The normalized spacial score (nSPS) is 24.6. The highest BCUT2D eigenvalue weighted by Crippen LogP contribution is 2.22. The molecule has 5 heteroatoms. The Morgan fingerprint density at radius 2 is 2.00 bits per heavy atom. The summed E-state index contributed by atoms with van der Waals surface area (Å²) < 4.78 is 0. The van der Waals surface area contributed by atoms with Crippen molar-refractivity contribution in [3.8, 4) is 0 Å². The Hall–Kier alpha value is -1.33. The zero-order valence-corrected chi connectivity index (χ0v) is 9.89. The number of hydrogen-bond acceptors (Lipinski definition) is 5. The summed E-state index contributed by atoms with van der Waals surface area (Å²) in [5, 5.41) is 12.8. The fourth-order valence-electron chi connectivity index (χ4n) is 2.23. The van der Waals surface area contributed by atoms with Gasteiger partial charge in [0.15, 0.2) is 0 Å². The van der Waals surface area contributed by atoms with E-state index in [0.29, 0.717) is 18.4 Å². The Morgan fingerprint density at radius 3 is 2.65 bits per heavy atom. The van der Waals surface area contributed by atoms with Gasteiger partial charge in [0, 0.05) is 12.6 Å². The van der Waals surface area contributed by atoms with E-state index < -0.39 is 0 Å². The van der Waals surface area contributed by atoms with Crippen LogP contribution in [0, 0.1) is 0 Å². The van der Waals surface area contributed by atoms with E-state index >= 15 is 0 Å². The summed E-state index contributed by atoms with van der Waals surface area (Å²) in [5.41, 5.74) is 12.3. The molecule has 0 unspecified atom stereocenters. The van der Waals surface area contributed by atoms with E-state index in [-0.39, 0.29) is 6.10 Å². The van der Waals surface area contributed by atoms with Crippen molar-refractivity contribution in [3.05, 3.63) is 17.7 Å². The summed E-state index contributed by atoms with van der Waals surface area (Å²) in [7, 11) is 0. The Balaban J connectivity index is 2.00. The number of rotatable bonds is 3. The maximum atomic E-state index is 9.44. The van der Waals surface area contributed by atoms with Gasteiger partial charge in [-0.05, 0) is 43.4 Å². The number of aliphatic hydroxyl groups excluding tert-OH is 1. The lowest BCUT2D eigenvalue weighted by atomic mass is 9.93. The average Bonchev–Trinajstić information content (AvgIpc) is 2.31. The molecule has 0 aromatic carbocycles. The third-order valence-electron chi connectivity index (χ3n) is 3.19. The van der Waals surface area contributed by atoms with E-state index in [9.17, 15) is 5.11 Å². The van der Waals surface area contributed by atoms with Crippen molar-refractivity contribution < 1.29 is 5.11 Å². The Kier molecular flexibility index (Phi) is 3.81. The topological polar surface area (TPSA) is 97.2 Å². The third-order valence-corrected chi connectivity index (χ3v) is 3.19. The predicted molar refractivity (Wildman–Crippen MR) is 68.4 cm³/mol. The minimum atomic E-state index is -0.138. The SMILES string of the molecule is NCc1cc(N)nc(NC2CCC(O)CC2)c1. The molecule has 6 N–H and O–H groups in total. The molecule has 0 aliphatic heterocycles. The summed E-state index contributed by atoms with van der Waals surface area (Å²) in [4.78, 5) is 4.24. The van der Waals surface area contributed by atoms with Crippen molar-refractivity contribution in [1.82, 2.24) is 4.98 Å². The van der Waals surface area contributed by atoms with Gasteiger partial charge in [-0.3, -0.25) is 0 Å². The molecule has 1 aromatic rings. The quantitative estimate of drug-likeness (QED) is 0.623. The summed E-state index contributed by atoms with van der Waals surface area (Å²) in [5.74, 6) is 1.28. The predicted octanol–water partition coefficient (Wildman–Crippen LogP) is 0.838. The molecule has 94 valence electrons. The highest BCUT2D eigenvalue weighted by Gasteiger charge is 2.19. The Bertz CT molecular complexity index is 375. The van der Waals surface area contributed by atoms with Crippen LogP contribution in [0.5, 0.6) is 0 Å². The molecule has 0 amide bonds. The number of nitrogens with one attached hydrogen (secondary N) is 1. The van der Waals surface area contributed by atoms with Gasteiger partial charge in [0.1, 0.15) is 11.6 Å². The Labute approximate surface area is 101 Å². The zero-order valence-electron chi connectivity index (χ0n) is 9.89. The van der Waals surface area contributed by atoms with Gasteiger partial charge in [0.2, 0.25) is 0 Å². The van der Waals surface area contributed by atoms with Crippen LogP contribution in [0.4, 0.5) is 11.6 Å². The third kappa shape index (κ3) is 3.31. The second-order valence-electron chi connectivity index (χ2n) is 4.64. The van der Waals surface area contributed by atoms with Gasteiger partial charge < -0.3 is 21.9 Å². The molecule has 0 radical (unpaired) electrons. The molecular weight excluding hydrogens is 216 g/mol. The minimum absolute atomic E-state index is 0.138. The maximum absolute atomic E-state index is 9.44. The number of aromatic nitrogens is 1. The molecule has 1 fully saturated rings. The molecule has 5 nitrogen and oxygen atoms in total. The van der Waals surface area contributed by atoms with Crippen LogP contribution in [0.2, 0.25) is 0 Å². The molecule has 0 atom stereocenters. The van der Waals surface area contributed by atoms with Gasteiger partial charge in [-0.1, -0.05) is 0 Å². The number of anilines is 2. The fraction of sp³-hybridized carbons (Fsp3) is 0.583. The lowest BCUT2D eigenvalue weighted by Crippen LogP contribution is -2.28. The van der Waals surface area contributed by atoms with Crippen LogP contribution in [0.1, 0.15) is 31.2 Å². The molecule has 2 rings (SSSR count). The molecular formula is C12H20N4O. The van der Waals surface area contributed by atoms with Gasteiger partial charge >= 0.3 is 0 Å². The first kappa shape index (κ1) is 12.1. The second-order valence-corrected chi connectivity index (χ2v) is 4.64. The lowest BCUT2D eigenvalue weighted by Gasteiger charge is -2.26. The lowest BCUT2D eigenvalue weighted by molar-refractivity contribution is 0.126. The van der Waals surface area contributed by atoms with E-state index in [1.807, 2.05) is 6.07 Å². The van der Waals surface area contributed by atoms with Crippen LogP contribution in [0.3, 0.4) is 0 Å². The highest BCUT2D eigenvalue weighted by molar-refractivity contribution is 5.47. The fourth-order valence-corrected chi connectivity index (χ4v) is 2.23.